The topological polar surface area (TPSA) is 72.2 Å². The molecule has 1 N–H and O–H groups in total. The van der Waals surface area contributed by atoms with E-state index in [0.29, 0.717) is 11.0 Å². The van der Waals surface area contributed by atoms with Crippen LogP contribution in [-0.4, -0.2) is 10.9 Å². The minimum atomic E-state index is -0.647. The Bertz CT molecular complexity index is 1470. The van der Waals surface area contributed by atoms with Crippen molar-refractivity contribution in [2.24, 2.45) is 0 Å². The average Bonchev–Trinajstić information content (AvgIpc) is 3.33. The van der Waals surface area contributed by atoms with E-state index in [1.807, 2.05) is 66.0 Å². The Morgan fingerprint density at radius 1 is 0.906 bits per heavy atom. The second-order valence-electron chi connectivity index (χ2n) is 7.27. The van der Waals surface area contributed by atoms with Gasteiger partial charge in [-0.3, -0.25) is 4.79 Å². The monoisotopic (exact) mass is 438 g/mol. The Morgan fingerprint density at radius 2 is 1.69 bits per heavy atom. The summed E-state index contributed by atoms with van der Waals surface area (Å²) in [4.78, 5) is 29.6. The fourth-order valence-corrected chi connectivity index (χ4v) is 4.29. The van der Waals surface area contributed by atoms with Crippen LogP contribution < -0.4 is 10.9 Å². The highest BCUT2D eigenvalue weighted by Gasteiger charge is 2.14. The Labute approximate surface area is 188 Å². The molecule has 0 bridgehead atoms. The third kappa shape index (κ3) is 4.08. The van der Waals surface area contributed by atoms with Crippen molar-refractivity contribution in [3.8, 4) is 21.8 Å². The highest BCUT2D eigenvalue weighted by molar-refractivity contribution is 7.13. The highest BCUT2D eigenvalue weighted by Crippen LogP contribution is 2.29. The van der Waals surface area contributed by atoms with Crippen LogP contribution in [0.15, 0.2) is 99.5 Å². The lowest BCUT2D eigenvalue weighted by Gasteiger charge is -2.07. The van der Waals surface area contributed by atoms with Crippen LogP contribution in [0.25, 0.3) is 32.8 Å². The van der Waals surface area contributed by atoms with E-state index in [1.165, 1.54) is 0 Å². The van der Waals surface area contributed by atoms with Gasteiger partial charge in [-0.15, -0.1) is 11.3 Å². The number of benzene rings is 3. The van der Waals surface area contributed by atoms with Crippen molar-refractivity contribution in [3.05, 3.63) is 112 Å². The molecule has 0 saturated carbocycles. The summed E-state index contributed by atoms with van der Waals surface area (Å²) in [5, 5.41) is 6.47. The number of nitrogens with zero attached hydrogens (tertiary/aromatic N) is 1. The van der Waals surface area contributed by atoms with Gasteiger partial charge in [0.25, 0.3) is 5.91 Å². The molecular formula is C26H18N2O3S. The maximum absolute atomic E-state index is 12.6. The molecule has 2 heterocycles. The minimum Gasteiger partial charge on any atom is -0.422 e. The summed E-state index contributed by atoms with van der Waals surface area (Å²) in [6, 6.07) is 26.6. The van der Waals surface area contributed by atoms with E-state index in [-0.39, 0.29) is 12.1 Å². The molecule has 0 radical (unpaired) electrons. The van der Waals surface area contributed by atoms with Crippen LogP contribution in [0, 0.1) is 0 Å². The van der Waals surface area contributed by atoms with Gasteiger partial charge in [0, 0.05) is 28.4 Å². The molecule has 156 valence electrons. The van der Waals surface area contributed by atoms with E-state index in [4.69, 9.17) is 9.40 Å². The maximum atomic E-state index is 12.6. The molecule has 0 fully saturated rings. The number of hydrogen-bond acceptors (Lipinski definition) is 5. The number of amides is 1. The number of carbonyl (C=O) groups excluding carboxylic acids is 1. The Kier molecular flexibility index (Phi) is 5.35. The molecular weight excluding hydrogens is 420 g/mol. The molecule has 5 nitrogen and oxygen atoms in total. The number of para-hydroxylation sites is 1. The van der Waals surface area contributed by atoms with Crippen molar-refractivity contribution in [1.82, 2.24) is 10.3 Å². The first-order valence-electron chi connectivity index (χ1n) is 10.1. The van der Waals surface area contributed by atoms with Gasteiger partial charge in [0.2, 0.25) is 0 Å². The number of hydrogen-bond donors (Lipinski definition) is 1. The Morgan fingerprint density at radius 3 is 2.56 bits per heavy atom. The standard InChI is InChI=1S/C26H18N2O3S/c29-24(21-14-19-10-4-5-12-23(19)31-26(21)30)27-15-17-7-6-11-20(13-17)25-28-22(16-32-25)18-8-2-1-3-9-18/h1-14,16H,15H2,(H,27,29). The SMILES string of the molecule is O=C(NCc1cccc(-c2nc(-c3ccccc3)cs2)c1)c1cc2ccccc2oc1=O. The molecule has 6 heteroatoms. The second kappa shape index (κ2) is 8.61. The zero-order chi connectivity index (χ0) is 21.9. The maximum Gasteiger partial charge on any atom is 0.349 e. The van der Waals surface area contributed by atoms with Gasteiger partial charge in [0.05, 0.1) is 5.69 Å². The zero-order valence-corrected chi connectivity index (χ0v) is 17.8. The molecule has 0 aliphatic rings. The van der Waals surface area contributed by atoms with Gasteiger partial charge in [-0.25, -0.2) is 9.78 Å². The van der Waals surface area contributed by atoms with Gasteiger partial charge in [0.15, 0.2) is 0 Å². The van der Waals surface area contributed by atoms with E-state index < -0.39 is 11.5 Å². The smallest absolute Gasteiger partial charge is 0.349 e. The van der Waals surface area contributed by atoms with Gasteiger partial charge in [-0.05, 0) is 23.8 Å². The van der Waals surface area contributed by atoms with Crippen LogP contribution in [0.1, 0.15) is 15.9 Å². The third-order valence-electron chi connectivity index (χ3n) is 5.09. The lowest BCUT2D eigenvalue weighted by molar-refractivity contribution is 0.0947. The number of rotatable bonds is 5. The number of thiazole rings is 1. The van der Waals surface area contributed by atoms with Crippen molar-refractivity contribution < 1.29 is 9.21 Å². The molecule has 0 spiro atoms. The first-order valence-corrected chi connectivity index (χ1v) is 11.0. The fourth-order valence-electron chi connectivity index (χ4n) is 3.46. The van der Waals surface area contributed by atoms with Gasteiger partial charge >= 0.3 is 5.63 Å². The first kappa shape index (κ1) is 19.9. The second-order valence-corrected chi connectivity index (χ2v) is 8.13. The zero-order valence-electron chi connectivity index (χ0n) is 16.9. The molecule has 0 aliphatic heterocycles. The third-order valence-corrected chi connectivity index (χ3v) is 5.98. The largest absolute Gasteiger partial charge is 0.422 e. The summed E-state index contributed by atoms with van der Waals surface area (Å²) in [6.45, 7) is 0.288. The number of nitrogens with one attached hydrogen (secondary N) is 1. The van der Waals surface area contributed by atoms with E-state index >= 15 is 0 Å². The van der Waals surface area contributed by atoms with Crippen LogP contribution in [0.4, 0.5) is 0 Å². The number of aromatic nitrogens is 1. The van der Waals surface area contributed by atoms with E-state index in [1.54, 1.807) is 35.6 Å². The molecule has 0 atom stereocenters. The van der Waals surface area contributed by atoms with Gasteiger partial charge in [-0.2, -0.15) is 0 Å². The first-order chi connectivity index (χ1) is 15.7. The quantitative estimate of drug-likeness (QED) is 0.367. The van der Waals surface area contributed by atoms with Crippen LogP contribution in [-0.2, 0) is 6.54 Å². The van der Waals surface area contributed by atoms with Crippen molar-refractivity contribution in [1.29, 1.82) is 0 Å². The molecule has 1 amide bonds. The van der Waals surface area contributed by atoms with Crippen molar-refractivity contribution in [2.75, 3.05) is 0 Å². The summed E-state index contributed by atoms with van der Waals surface area (Å²) >= 11 is 1.58. The van der Waals surface area contributed by atoms with Crippen LogP contribution >= 0.6 is 11.3 Å². The number of carbonyl (C=O) groups is 1. The van der Waals surface area contributed by atoms with Gasteiger partial charge in [-0.1, -0.05) is 66.7 Å². The van der Waals surface area contributed by atoms with Crippen molar-refractivity contribution in [2.45, 2.75) is 6.54 Å². The summed E-state index contributed by atoms with van der Waals surface area (Å²) in [5.74, 6) is -0.462. The Balaban J connectivity index is 1.33. The van der Waals surface area contributed by atoms with Crippen LogP contribution in [0.2, 0.25) is 0 Å². The summed E-state index contributed by atoms with van der Waals surface area (Å²) in [6.07, 6.45) is 0. The normalized spacial score (nSPS) is 10.9. The summed E-state index contributed by atoms with van der Waals surface area (Å²) < 4.78 is 5.26. The highest BCUT2D eigenvalue weighted by atomic mass is 32.1. The molecule has 0 unspecified atom stereocenters. The summed E-state index contributed by atoms with van der Waals surface area (Å²) in [5.41, 5.74) is 3.71. The van der Waals surface area contributed by atoms with Gasteiger partial charge < -0.3 is 9.73 Å². The molecule has 5 aromatic rings. The molecule has 2 aromatic heterocycles. The van der Waals surface area contributed by atoms with E-state index in [2.05, 4.69) is 5.32 Å². The molecule has 32 heavy (non-hydrogen) atoms. The predicted octanol–water partition coefficient (Wildman–Crippen LogP) is 5.51. The lowest BCUT2D eigenvalue weighted by Crippen LogP contribution is -2.27. The summed E-state index contributed by atoms with van der Waals surface area (Å²) in [7, 11) is 0. The minimum absolute atomic E-state index is 0.00715. The van der Waals surface area contributed by atoms with Gasteiger partial charge in [0.1, 0.15) is 16.2 Å². The predicted molar refractivity (Wildman–Crippen MR) is 127 cm³/mol. The van der Waals surface area contributed by atoms with E-state index in [9.17, 15) is 9.59 Å². The Hall–Kier alpha value is -4.03. The van der Waals surface area contributed by atoms with Crippen LogP contribution in [0.5, 0.6) is 0 Å². The fraction of sp³-hybridized carbons (Fsp3) is 0.0385. The van der Waals surface area contributed by atoms with E-state index in [0.717, 1.165) is 27.4 Å². The number of fused-ring (bicyclic) bond motifs is 1. The molecule has 3 aromatic carbocycles. The van der Waals surface area contributed by atoms with Crippen molar-refractivity contribution in [3.63, 3.8) is 0 Å². The molecule has 0 aliphatic carbocycles. The average molecular weight is 439 g/mol. The molecule has 0 saturated heterocycles. The van der Waals surface area contributed by atoms with Crippen molar-refractivity contribution >= 4 is 28.2 Å². The lowest BCUT2D eigenvalue weighted by atomic mass is 10.1. The molecule has 5 rings (SSSR count). The van der Waals surface area contributed by atoms with Crippen LogP contribution in [0.3, 0.4) is 0 Å².